The zero-order chi connectivity index (χ0) is 18.5. The van der Waals surface area contributed by atoms with Gasteiger partial charge in [-0.1, -0.05) is 35.9 Å². The van der Waals surface area contributed by atoms with Crippen molar-refractivity contribution in [3.8, 4) is 5.75 Å². The Balaban J connectivity index is 1.68. The summed E-state index contributed by atoms with van der Waals surface area (Å²) in [6.45, 7) is 1.68. The van der Waals surface area contributed by atoms with Crippen LogP contribution in [0.15, 0.2) is 66.0 Å². The lowest BCUT2D eigenvalue weighted by atomic mass is 10.1. The highest BCUT2D eigenvalue weighted by atomic mass is 35.5. The van der Waals surface area contributed by atoms with Gasteiger partial charge in [0.25, 0.3) is 5.91 Å². The second kappa shape index (κ2) is 8.17. The van der Waals surface area contributed by atoms with Gasteiger partial charge in [0, 0.05) is 22.3 Å². The highest BCUT2D eigenvalue weighted by molar-refractivity contribution is 7.12. The molecule has 6 heteroatoms. The molecule has 0 spiro atoms. The Labute approximate surface area is 160 Å². The van der Waals surface area contributed by atoms with Crippen LogP contribution in [-0.2, 0) is 0 Å². The van der Waals surface area contributed by atoms with Crippen molar-refractivity contribution in [2.24, 2.45) is 0 Å². The van der Waals surface area contributed by atoms with Crippen LogP contribution in [0.1, 0.15) is 27.0 Å². The normalized spacial score (nSPS) is 11.6. The van der Waals surface area contributed by atoms with Crippen LogP contribution in [0.5, 0.6) is 5.75 Å². The van der Waals surface area contributed by atoms with Crippen LogP contribution >= 0.6 is 22.9 Å². The van der Waals surface area contributed by atoms with E-state index in [9.17, 15) is 9.59 Å². The van der Waals surface area contributed by atoms with E-state index >= 15 is 0 Å². The number of thiophene rings is 1. The molecule has 0 bridgehead atoms. The van der Waals surface area contributed by atoms with Gasteiger partial charge in [-0.3, -0.25) is 9.59 Å². The van der Waals surface area contributed by atoms with Crippen molar-refractivity contribution in [2.45, 2.75) is 13.0 Å². The van der Waals surface area contributed by atoms with Gasteiger partial charge in [0.2, 0.25) is 5.78 Å². The number of Topliss-reactive ketones (excluding diaryl/α,β-unsaturated/α-hetero) is 1. The Kier molecular flexibility index (Phi) is 5.71. The molecular weight excluding hydrogens is 370 g/mol. The maximum atomic E-state index is 12.5. The lowest BCUT2D eigenvalue weighted by Gasteiger charge is -2.15. The molecule has 0 unspecified atom stereocenters. The first-order valence-corrected chi connectivity index (χ1v) is 9.20. The van der Waals surface area contributed by atoms with Gasteiger partial charge in [0.1, 0.15) is 5.75 Å². The third-order valence-electron chi connectivity index (χ3n) is 3.63. The second-order valence-electron chi connectivity index (χ2n) is 5.59. The second-order valence-corrected chi connectivity index (χ2v) is 6.98. The van der Waals surface area contributed by atoms with Crippen LogP contribution in [-0.4, -0.2) is 17.8 Å². The highest BCUT2D eigenvalue weighted by Gasteiger charge is 2.17. The summed E-state index contributed by atoms with van der Waals surface area (Å²) in [6, 6.07) is 17.3. The molecule has 1 N–H and O–H groups in total. The first-order valence-electron chi connectivity index (χ1n) is 7.94. The smallest absolute Gasteiger partial charge is 0.265 e. The zero-order valence-electron chi connectivity index (χ0n) is 13.9. The number of ketones is 1. The molecule has 1 heterocycles. The minimum Gasteiger partial charge on any atom is -0.482 e. The summed E-state index contributed by atoms with van der Waals surface area (Å²) >= 11 is 7.30. The molecule has 3 aromatic rings. The quantitative estimate of drug-likeness (QED) is 0.585. The van der Waals surface area contributed by atoms with E-state index in [1.807, 2.05) is 11.4 Å². The molecule has 1 aromatic heterocycles. The van der Waals surface area contributed by atoms with E-state index in [2.05, 4.69) is 5.32 Å². The molecule has 1 atom stereocenters. The number of carbonyl (C=O) groups is 2. The third-order valence-corrected chi connectivity index (χ3v) is 4.73. The topological polar surface area (TPSA) is 55.4 Å². The fraction of sp³-hybridized carbons (Fsp3) is 0.100. The summed E-state index contributed by atoms with van der Waals surface area (Å²) in [6.07, 6.45) is -0.684. The van der Waals surface area contributed by atoms with E-state index in [0.29, 0.717) is 26.9 Å². The first kappa shape index (κ1) is 18.2. The average molecular weight is 386 g/mol. The molecule has 0 aliphatic heterocycles. The standard InChI is InChI=1S/C20H16ClNO3S/c1-13(19(23)14-5-2-6-15(21)11-14)25-17-8-3-7-16(12-17)22-20(24)18-9-4-10-26-18/h2-13H,1H3,(H,22,24)/t13-/m1/s1. The summed E-state index contributed by atoms with van der Waals surface area (Å²) in [7, 11) is 0. The van der Waals surface area contributed by atoms with Gasteiger partial charge in [-0.05, 0) is 42.6 Å². The lowest BCUT2D eigenvalue weighted by molar-refractivity contribution is 0.0818. The molecule has 0 saturated carbocycles. The van der Waals surface area contributed by atoms with Crippen molar-refractivity contribution in [1.29, 1.82) is 0 Å². The fourth-order valence-electron chi connectivity index (χ4n) is 2.38. The Bertz CT molecular complexity index is 924. The molecule has 0 aliphatic carbocycles. The largest absolute Gasteiger partial charge is 0.482 e. The Morgan fingerprint density at radius 1 is 1.08 bits per heavy atom. The summed E-state index contributed by atoms with van der Waals surface area (Å²) in [5.74, 6) is 0.151. The molecule has 0 saturated heterocycles. The molecule has 132 valence electrons. The molecule has 26 heavy (non-hydrogen) atoms. The Hall–Kier alpha value is -2.63. The van der Waals surface area contributed by atoms with Gasteiger partial charge in [-0.25, -0.2) is 0 Å². The molecule has 1 amide bonds. The summed E-state index contributed by atoms with van der Waals surface area (Å²) in [4.78, 5) is 25.2. The Morgan fingerprint density at radius 3 is 2.62 bits per heavy atom. The van der Waals surface area contributed by atoms with Crippen LogP contribution < -0.4 is 10.1 Å². The van der Waals surface area contributed by atoms with E-state index in [1.165, 1.54) is 11.3 Å². The van der Waals surface area contributed by atoms with Crippen LogP contribution in [0.3, 0.4) is 0 Å². The number of rotatable bonds is 6. The van der Waals surface area contributed by atoms with Gasteiger partial charge < -0.3 is 10.1 Å². The molecule has 3 rings (SSSR count). The Morgan fingerprint density at radius 2 is 1.88 bits per heavy atom. The monoisotopic (exact) mass is 385 g/mol. The predicted molar refractivity (Wildman–Crippen MR) is 105 cm³/mol. The van der Waals surface area contributed by atoms with Crippen molar-refractivity contribution in [3.63, 3.8) is 0 Å². The van der Waals surface area contributed by atoms with Crippen LogP contribution in [0.25, 0.3) is 0 Å². The number of amides is 1. The summed E-state index contributed by atoms with van der Waals surface area (Å²) in [5, 5.41) is 5.16. The number of halogens is 1. The average Bonchev–Trinajstić information content (AvgIpc) is 3.16. The number of benzene rings is 2. The molecule has 4 nitrogen and oxygen atoms in total. The fourth-order valence-corrected chi connectivity index (χ4v) is 3.19. The van der Waals surface area contributed by atoms with Crippen LogP contribution in [0.4, 0.5) is 5.69 Å². The molecule has 0 fully saturated rings. The van der Waals surface area contributed by atoms with Crippen molar-refractivity contribution < 1.29 is 14.3 Å². The van der Waals surface area contributed by atoms with E-state index in [4.69, 9.17) is 16.3 Å². The molecule has 0 radical (unpaired) electrons. The van der Waals surface area contributed by atoms with Crippen molar-refractivity contribution in [1.82, 2.24) is 0 Å². The number of carbonyl (C=O) groups excluding carboxylic acids is 2. The van der Waals surface area contributed by atoms with Crippen LogP contribution in [0.2, 0.25) is 5.02 Å². The minimum atomic E-state index is -0.684. The van der Waals surface area contributed by atoms with Crippen LogP contribution in [0, 0.1) is 0 Å². The predicted octanol–water partition coefficient (Wildman–Crippen LogP) is 5.30. The van der Waals surface area contributed by atoms with Gasteiger partial charge >= 0.3 is 0 Å². The number of anilines is 1. The highest BCUT2D eigenvalue weighted by Crippen LogP contribution is 2.21. The van der Waals surface area contributed by atoms with E-state index < -0.39 is 6.10 Å². The van der Waals surface area contributed by atoms with Crippen molar-refractivity contribution >= 4 is 40.3 Å². The maximum absolute atomic E-state index is 12.5. The number of hydrogen-bond donors (Lipinski definition) is 1. The van der Waals surface area contributed by atoms with Gasteiger partial charge in [0.05, 0.1) is 4.88 Å². The van der Waals surface area contributed by atoms with Gasteiger partial charge in [0.15, 0.2) is 6.10 Å². The molecular formula is C20H16ClNO3S. The van der Waals surface area contributed by atoms with E-state index in [0.717, 1.165) is 0 Å². The first-order chi connectivity index (χ1) is 12.5. The summed E-state index contributed by atoms with van der Waals surface area (Å²) < 4.78 is 5.74. The lowest BCUT2D eigenvalue weighted by Crippen LogP contribution is -2.24. The maximum Gasteiger partial charge on any atom is 0.265 e. The third kappa shape index (κ3) is 4.50. The van der Waals surface area contributed by atoms with Crippen molar-refractivity contribution in [2.75, 3.05) is 5.32 Å². The zero-order valence-corrected chi connectivity index (χ0v) is 15.5. The number of ether oxygens (including phenoxy) is 1. The molecule has 2 aromatic carbocycles. The van der Waals surface area contributed by atoms with Gasteiger partial charge in [-0.15, -0.1) is 11.3 Å². The van der Waals surface area contributed by atoms with E-state index in [1.54, 1.807) is 61.5 Å². The minimum absolute atomic E-state index is 0.166. The number of nitrogens with one attached hydrogen (secondary N) is 1. The van der Waals surface area contributed by atoms with Gasteiger partial charge in [-0.2, -0.15) is 0 Å². The van der Waals surface area contributed by atoms with Crippen molar-refractivity contribution in [3.05, 3.63) is 81.5 Å². The number of hydrogen-bond acceptors (Lipinski definition) is 4. The summed E-state index contributed by atoms with van der Waals surface area (Å²) in [5.41, 5.74) is 1.09. The van der Waals surface area contributed by atoms with E-state index in [-0.39, 0.29) is 11.7 Å². The molecule has 0 aliphatic rings. The SMILES string of the molecule is C[C@@H](Oc1cccc(NC(=O)c2cccs2)c1)C(=O)c1cccc(Cl)c1.